The van der Waals surface area contributed by atoms with Crippen molar-refractivity contribution in [2.24, 2.45) is 0 Å². The van der Waals surface area contributed by atoms with Crippen LogP contribution in [0.2, 0.25) is 0 Å². The fraction of sp³-hybridized carbons (Fsp3) is 0.364. The molecule has 0 amide bonds. The number of phenolic OH excluding ortho intramolecular Hbond substituents is 1. The number of rotatable bonds is 2. The molecule has 0 bridgehead atoms. The van der Waals surface area contributed by atoms with Crippen molar-refractivity contribution >= 4 is 0 Å². The molecule has 0 aliphatic carbocycles. The average Bonchev–Trinajstić information content (AvgIpc) is 2.21. The largest absolute Gasteiger partial charge is 0.505 e. The van der Waals surface area contributed by atoms with Crippen LogP contribution >= 0.6 is 0 Å². The Morgan fingerprint density at radius 2 is 2.21 bits per heavy atom. The highest BCUT2D eigenvalue weighted by molar-refractivity contribution is 5.36. The first-order valence-corrected chi connectivity index (χ1v) is 4.43. The van der Waals surface area contributed by atoms with Crippen molar-refractivity contribution in [2.45, 2.75) is 25.7 Å². The lowest BCUT2D eigenvalue weighted by molar-refractivity contribution is 0.430. The first-order valence-electron chi connectivity index (χ1n) is 4.43. The molecule has 1 unspecified atom stereocenters. The van der Waals surface area contributed by atoms with Gasteiger partial charge in [0.25, 0.3) is 0 Å². The Kier molecular flexibility index (Phi) is 2.76. The van der Waals surface area contributed by atoms with Crippen molar-refractivity contribution in [1.82, 2.24) is 0 Å². The van der Waals surface area contributed by atoms with Gasteiger partial charge < -0.3 is 5.11 Å². The number of hydrogen-bond acceptors (Lipinski definition) is 2. The van der Waals surface area contributed by atoms with Crippen LogP contribution in [0.5, 0.6) is 5.75 Å². The van der Waals surface area contributed by atoms with Gasteiger partial charge in [-0.2, -0.15) is 5.26 Å². The predicted octanol–water partition coefficient (Wildman–Crippen LogP) is 2.72. The summed E-state index contributed by atoms with van der Waals surface area (Å²) >= 11 is 0. The van der Waals surface area contributed by atoms with E-state index >= 15 is 0 Å². The van der Waals surface area contributed by atoms with Crippen LogP contribution in [0.25, 0.3) is 0 Å². The van der Waals surface area contributed by atoms with Crippen LogP contribution in [0.1, 0.15) is 25.8 Å². The van der Waals surface area contributed by atoms with E-state index in [1.54, 1.807) is 13.0 Å². The molecule has 1 atom stereocenters. The number of nitriles is 1. The van der Waals surface area contributed by atoms with Crippen LogP contribution in [0, 0.1) is 17.1 Å². The summed E-state index contributed by atoms with van der Waals surface area (Å²) < 4.78 is 13.0. The van der Waals surface area contributed by atoms with Gasteiger partial charge in [-0.15, -0.1) is 0 Å². The van der Waals surface area contributed by atoms with Gasteiger partial charge in [-0.25, -0.2) is 4.39 Å². The quantitative estimate of drug-likeness (QED) is 0.784. The summed E-state index contributed by atoms with van der Waals surface area (Å²) in [6.45, 7) is 3.62. The van der Waals surface area contributed by atoms with E-state index in [-0.39, 0.29) is 5.75 Å². The van der Waals surface area contributed by atoms with Gasteiger partial charge in [0.2, 0.25) is 0 Å². The Morgan fingerprint density at radius 3 is 2.64 bits per heavy atom. The van der Waals surface area contributed by atoms with Crippen LogP contribution in [0.3, 0.4) is 0 Å². The van der Waals surface area contributed by atoms with Crippen molar-refractivity contribution in [2.75, 3.05) is 0 Å². The monoisotopic (exact) mass is 193 g/mol. The maximum absolute atomic E-state index is 13.0. The van der Waals surface area contributed by atoms with Gasteiger partial charge in [-0.3, -0.25) is 0 Å². The molecule has 1 rings (SSSR count). The second-order valence-electron chi connectivity index (χ2n) is 3.46. The minimum Gasteiger partial charge on any atom is -0.505 e. The molecule has 0 heterocycles. The van der Waals surface area contributed by atoms with Crippen molar-refractivity contribution < 1.29 is 9.50 Å². The Bertz CT molecular complexity index is 383. The number of hydrogen-bond donors (Lipinski definition) is 1. The molecule has 0 saturated heterocycles. The van der Waals surface area contributed by atoms with Gasteiger partial charge in [-0.1, -0.05) is 13.0 Å². The lowest BCUT2D eigenvalue weighted by Crippen LogP contribution is -2.18. The van der Waals surface area contributed by atoms with E-state index < -0.39 is 11.2 Å². The Balaban J connectivity index is 3.21. The lowest BCUT2D eigenvalue weighted by atomic mass is 9.81. The number of halogens is 1. The van der Waals surface area contributed by atoms with Gasteiger partial charge in [0.1, 0.15) is 0 Å². The van der Waals surface area contributed by atoms with E-state index in [1.807, 2.05) is 6.92 Å². The highest BCUT2D eigenvalue weighted by atomic mass is 19.1. The van der Waals surface area contributed by atoms with Crippen LogP contribution in [0.15, 0.2) is 18.2 Å². The highest BCUT2D eigenvalue weighted by Crippen LogP contribution is 2.29. The molecule has 0 saturated carbocycles. The summed E-state index contributed by atoms with van der Waals surface area (Å²) in [6.07, 6.45) is 0.605. The zero-order valence-corrected chi connectivity index (χ0v) is 8.21. The second kappa shape index (κ2) is 3.67. The van der Waals surface area contributed by atoms with Crippen LogP contribution in [-0.4, -0.2) is 5.11 Å². The Morgan fingerprint density at radius 1 is 1.57 bits per heavy atom. The zero-order valence-electron chi connectivity index (χ0n) is 8.21. The van der Waals surface area contributed by atoms with Crippen LogP contribution in [-0.2, 0) is 5.41 Å². The van der Waals surface area contributed by atoms with Crippen molar-refractivity contribution in [3.05, 3.63) is 29.6 Å². The van der Waals surface area contributed by atoms with Crippen molar-refractivity contribution in [3.8, 4) is 11.8 Å². The number of nitrogens with zero attached hydrogens (tertiary/aromatic N) is 1. The molecule has 74 valence electrons. The van der Waals surface area contributed by atoms with E-state index in [0.717, 1.165) is 0 Å². The van der Waals surface area contributed by atoms with Crippen LogP contribution in [0.4, 0.5) is 4.39 Å². The fourth-order valence-electron chi connectivity index (χ4n) is 1.20. The number of aromatic hydroxyl groups is 1. The third-order valence-corrected chi connectivity index (χ3v) is 2.54. The Labute approximate surface area is 82.6 Å². The molecular weight excluding hydrogens is 181 g/mol. The standard InChI is InChI=1S/C11H12FNO/c1-3-11(2,7-13)8-4-5-10(14)9(12)6-8/h4-6,14H,3H2,1-2H3. The lowest BCUT2D eigenvalue weighted by Gasteiger charge is -2.19. The number of benzene rings is 1. The summed E-state index contributed by atoms with van der Waals surface area (Å²) in [5, 5.41) is 18.0. The van der Waals surface area contributed by atoms with Crippen LogP contribution < -0.4 is 0 Å². The molecule has 1 aromatic rings. The SMILES string of the molecule is CCC(C)(C#N)c1ccc(O)c(F)c1. The smallest absolute Gasteiger partial charge is 0.165 e. The topological polar surface area (TPSA) is 44.0 Å². The third kappa shape index (κ3) is 1.69. The first-order chi connectivity index (χ1) is 6.53. The molecule has 3 heteroatoms. The van der Waals surface area contributed by atoms with E-state index in [9.17, 15) is 4.39 Å². The summed E-state index contributed by atoms with van der Waals surface area (Å²) in [6, 6.07) is 6.20. The van der Waals surface area contributed by atoms with E-state index in [2.05, 4.69) is 6.07 Å². The van der Waals surface area contributed by atoms with Crippen molar-refractivity contribution in [3.63, 3.8) is 0 Å². The molecule has 0 spiro atoms. The molecule has 0 fully saturated rings. The summed E-state index contributed by atoms with van der Waals surface area (Å²) in [4.78, 5) is 0. The van der Waals surface area contributed by atoms with Gasteiger partial charge in [0.05, 0.1) is 11.5 Å². The Hall–Kier alpha value is -1.56. The van der Waals surface area contributed by atoms with Gasteiger partial charge in [-0.05, 0) is 31.0 Å². The molecule has 14 heavy (non-hydrogen) atoms. The molecule has 1 aromatic carbocycles. The summed E-state index contributed by atoms with van der Waals surface area (Å²) in [5.74, 6) is -1.07. The molecule has 2 nitrogen and oxygen atoms in total. The zero-order chi connectivity index (χ0) is 10.8. The van der Waals surface area contributed by atoms with E-state index in [0.29, 0.717) is 12.0 Å². The van der Waals surface area contributed by atoms with Crippen molar-refractivity contribution in [1.29, 1.82) is 5.26 Å². The predicted molar refractivity (Wildman–Crippen MR) is 51.3 cm³/mol. The molecule has 0 aromatic heterocycles. The minimum atomic E-state index is -0.686. The first kappa shape index (κ1) is 10.5. The summed E-state index contributed by atoms with van der Waals surface area (Å²) in [7, 11) is 0. The van der Waals surface area contributed by atoms with Gasteiger partial charge >= 0.3 is 0 Å². The maximum Gasteiger partial charge on any atom is 0.165 e. The summed E-state index contributed by atoms with van der Waals surface area (Å²) in [5.41, 5.74) is -0.0908. The third-order valence-electron chi connectivity index (χ3n) is 2.54. The molecular formula is C11H12FNO. The molecule has 0 aliphatic rings. The van der Waals surface area contributed by atoms with E-state index in [4.69, 9.17) is 10.4 Å². The molecule has 0 radical (unpaired) electrons. The minimum absolute atomic E-state index is 0.384. The molecule has 0 aliphatic heterocycles. The highest BCUT2D eigenvalue weighted by Gasteiger charge is 2.24. The number of phenols is 1. The molecule has 1 N–H and O–H groups in total. The second-order valence-corrected chi connectivity index (χ2v) is 3.46. The maximum atomic E-state index is 13.0. The van der Waals surface area contributed by atoms with Gasteiger partial charge in [0.15, 0.2) is 11.6 Å². The average molecular weight is 193 g/mol. The normalized spacial score (nSPS) is 14.4. The van der Waals surface area contributed by atoms with Gasteiger partial charge in [0, 0.05) is 0 Å². The van der Waals surface area contributed by atoms with E-state index in [1.165, 1.54) is 12.1 Å². The fourth-order valence-corrected chi connectivity index (χ4v) is 1.20.